The van der Waals surface area contributed by atoms with Crippen LogP contribution < -0.4 is 5.32 Å². The lowest BCUT2D eigenvalue weighted by Gasteiger charge is -2.41. The maximum atomic E-state index is 12.8. The van der Waals surface area contributed by atoms with Gasteiger partial charge in [0.05, 0.1) is 11.6 Å². The summed E-state index contributed by atoms with van der Waals surface area (Å²) in [6.45, 7) is 9.11. The largest absolute Gasteiger partial charge is 0.458 e. The molecule has 0 aromatic heterocycles. The Morgan fingerprint density at radius 3 is 2.73 bits per heavy atom. The highest BCUT2D eigenvalue weighted by Gasteiger charge is 2.51. The Labute approximate surface area is 163 Å². The molecule has 26 heavy (non-hydrogen) atoms. The molecule has 0 saturated heterocycles. The van der Waals surface area contributed by atoms with Crippen molar-refractivity contribution in [2.75, 3.05) is 6.61 Å². The van der Waals surface area contributed by atoms with Crippen LogP contribution in [0.3, 0.4) is 0 Å². The third-order valence-electron chi connectivity index (χ3n) is 4.33. The van der Waals surface area contributed by atoms with Gasteiger partial charge in [-0.15, -0.1) is 6.58 Å². The van der Waals surface area contributed by atoms with E-state index in [-0.39, 0.29) is 13.0 Å². The second kappa shape index (κ2) is 8.31. The molecule has 1 aliphatic rings. The van der Waals surface area contributed by atoms with Crippen LogP contribution in [0, 0.1) is 16.7 Å². The Morgan fingerprint density at radius 1 is 1.46 bits per heavy atom. The van der Waals surface area contributed by atoms with Gasteiger partial charge in [-0.3, -0.25) is 0 Å². The second-order valence-corrected chi connectivity index (χ2v) is 6.73. The number of nitriles is 1. The van der Waals surface area contributed by atoms with Crippen molar-refractivity contribution in [2.45, 2.75) is 19.3 Å². The smallest absolute Gasteiger partial charge is 0.336 e. The molecule has 0 aliphatic carbocycles. The van der Waals surface area contributed by atoms with Crippen LogP contribution in [-0.4, -0.2) is 17.6 Å². The summed E-state index contributed by atoms with van der Waals surface area (Å²) in [5, 5.41) is 13.5. The molecule has 2 atom stereocenters. The maximum absolute atomic E-state index is 12.8. The second-order valence-electron chi connectivity index (χ2n) is 5.91. The van der Waals surface area contributed by atoms with Crippen molar-refractivity contribution in [3.05, 3.63) is 71.4 Å². The molecule has 0 fully saturated rings. The Hall–Kier alpha value is -2.42. The molecule has 1 aliphatic heterocycles. The minimum atomic E-state index is -1.19. The first-order valence-electron chi connectivity index (χ1n) is 7.99. The first kappa shape index (κ1) is 19.9. The number of benzene rings is 1. The van der Waals surface area contributed by atoms with E-state index in [2.05, 4.69) is 24.5 Å². The minimum absolute atomic E-state index is 0.0658. The Bertz CT molecular complexity index is 840. The lowest BCUT2D eigenvalue weighted by atomic mass is 9.65. The normalized spacial score (nSPS) is 22.2. The van der Waals surface area contributed by atoms with Crippen LogP contribution >= 0.6 is 23.8 Å². The molecule has 0 bridgehead atoms. The van der Waals surface area contributed by atoms with Crippen LogP contribution in [-0.2, 0) is 9.53 Å². The molecule has 4 nitrogen and oxygen atoms in total. The van der Waals surface area contributed by atoms with E-state index < -0.39 is 17.3 Å². The zero-order valence-corrected chi connectivity index (χ0v) is 16.0. The zero-order chi connectivity index (χ0) is 19.3. The van der Waals surface area contributed by atoms with Crippen molar-refractivity contribution in [1.29, 1.82) is 5.26 Å². The number of carbonyl (C=O) groups is 1. The van der Waals surface area contributed by atoms with Crippen molar-refractivity contribution in [1.82, 2.24) is 5.32 Å². The molecule has 1 N–H and O–H groups in total. The summed E-state index contributed by atoms with van der Waals surface area (Å²) < 4.78 is 5.27. The number of nitrogens with zero attached hydrogens (tertiary/aromatic N) is 1. The van der Waals surface area contributed by atoms with Crippen LogP contribution in [0.15, 0.2) is 60.8 Å². The molecular formula is C20H19ClN2O2S. The van der Waals surface area contributed by atoms with E-state index >= 15 is 0 Å². The molecule has 0 saturated carbocycles. The number of rotatable bonds is 6. The number of halogens is 1. The first-order chi connectivity index (χ1) is 12.4. The number of ether oxygens (including phenoxy) is 1. The standard InChI is InChI=1S/C20H19ClN2O2S/c1-4-10-20(12-22)17(14-8-6-7-9-15(14)21)16(13(3)23-19(20)26)18(24)25-11-5-2/h4-9,17H,1-2,10-11H2,3H3,(H,23,26)/t17-,20+/m1/s1. The van der Waals surface area contributed by atoms with Gasteiger partial charge in [0.15, 0.2) is 0 Å². The van der Waals surface area contributed by atoms with Gasteiger partial charge in [-0.25, -0.2) is 4.79 Å². The van der Waals surface area contributed by atoms with E-state index in [1.807, 2.05) is 6.07 Å². The lowest BCUT2D eigenvalue weighted by Crippen LogP contribution is -2.49. The van der Waals surface area contributed by atoms with Gasteiger partial charge < -0.3 is 10.1 Å². The molecule has 0 radical (unpaired) electrons. The average molecular weight is 387 g/mol. The highest BCUT2D eigenvalue weighted by Crippen LogP contribution is 2.50. The number of carbonyl (C=O) groups excluding carboxylic acids is 1. The minimum Gasteiger partial charge on any atom is -0.458 e. The van der Waals surface area contributed by atoms with Gasteiger partial charge in [0, 0.05) is 16.6 Å². The molecule has 0 spiro atoms. The van der Waals surface area contributed by atoms with Crippen molar-refractivity contribution < 1.29 is 9.53 Å². The topological polar surface area (TPSA) is 62.1 Å². The maximum Gasteiger partial charge on any atom is 0.336 e. The number of hydrogen-bond acceptors (Lipinski definition) is 4. The lowest BCUT2D eigenvalue weighted by molar-refractivity contribution is -0.138. The molecular weight excluding hydrogens is 368 g/mol. The molecule has 1 aromatic carbocycles. The van der Waals surface area contributed by atoms with E-state index in [1.54, 1.807) is 31.2 Å². The van der Waals surface area contributed by atoms with E-state index in [0.29, 0.717) is 26.8 Å². The van der Waals surface area contributed by atoms with Gasteiger partial charge in [-0.05, 0) is 25.0 Å². The van der Waals surface area contributed by atoms with Gasteiger partial charge in [0.2, 0.25) is 0 Å². The fraction of sp³-hybridized carbons (Fsp3) is 0.250. The molecule has 6 heteroatoms. The fourth-order valence-electron chi connectivity index (χ4n) is 3.16. The van der Waals surface area contributed by atoms with Crippen LogP contribution in [0.1, 0.15) is 24.8 Å². The van der Waals surface area contributed by atoms with Crippen LogP contribution in [0.4, 0.5) is 0 Å². The van der Waals surface area contributed by atoms with E-state index in [1.165, 1.54) is 6.08 Å². The van der Waals surface area contributed by atoms with Gasteiger partial charge in [-0.2, -0.15) is 5.26 Å². The first-order valence-corrected chi connectivity index (χ1v) is 8.78. The van der Waals surface area contributed by atoms with Crippen LogP contribution in [0.2, 0.25) is 5.02 Å². The quantitative estimate of drug-likeness (QED) is 0.444. The molecule has 0 amide bonds. The zero-order valence-electron chi connectivity index (χ0n) is 14.4. The van der Waals surface area contributed by atoms with Crippen molar-refractivity contribution in [2.24, 2.45) is 5.41 Å². The van der Waals surface area contributed by atoms with Gasteiger partial charge in [0.1, 0.15) is 17.0 Å². The highest BCUT2D eigenvalue weighted by atomic mass is 35.5. The Kier molecular flexibility index (Phi) is 6.36. The van der Waals surface area contributed by atoms with E-state index in [0.717, 1.165) is 0 Å². The third kappa shape index (κ3) is 3.44. The summed E-state index contributed by atoms with van der Waals surface area (Å²) in [5.41, 5.74) is 0.330. The summed E-state index contributed by atoms with van der Waals surface area (Å²) in [6.07, 6.45) is 3.37. The summed E-state index contributed by atoms with van der Waals surface area (Å²) in [6, 6.07) is 9.43. The SMILES string of the molecule is C=CCOC(=O)C1=C(C)NC(=S)[C@](C#N)(CC=C)[C@@H]1c1ccccc1Cl. The monoisotopic (exact) mass is 386 g/mol. The van der Waals surface area contributed by atoms with E-state index in [4.69, 9.17) is 28.6 Å². The van der Waals surface area contributed by atoms with Gasteiger partial charge >= 0.3 is 5.97 Å². The van der Waals surface area contributed by atoms with Gasteiger partial charge in [0.25, 0.3) is 0 Å². The number of hydrogen-bond donors (Lipinski definition) is 1. The Morgan fingerprint density at radius 2 is 2.15 bits per heavy atom. The number of allylic oxidation sites excluding steroid dienone is 2. The third-order valence-corrected chi connectivity index (χ3v) is 5.14. The van der Waals surface area contributed by atoms with E-state index in [9.17, 15) is 10.1 Å². The predicted molar refractivity (Wildman–Crippen MR) is 107 cm³/mol. The van der Waals surface area contributed by atoms with Crippen LogP contribution in [0.5, 0.6) is 0 Å². The number of thiocarbonyl (C=S) groups is 1. The highest BCUT2D eigenvalue weighted by molar-refractivity contribution is 7.80. The number of esters is 1. The molecule has 134 valence electrons. The summed E-state index contributed by atoms with van der Waals surface area (Å²) in [5.74, 6) is -1.21. The Balaban J connectivity index is 2.76. The summed E-state index contributed by atoms with van der Waals surface area (Å²) in [7, 11) is 0. The van der Waals surface area contributed by atoms with Crippen molar-refractivity contribution in [3.63, 3.8) is 0 Å². The summed E-state index contributed by atoms with van der Waals surface area (Å²) >= 11 is 11.9. The molecule has 0 unspecified atom stereocenters. The molecule has 1 heterocycles. The van der Waals surface area contributed by atoms with Crippen molar-refractivity contribution >= 4 is 34.8 Å². The molecule has 2 rings (SSSR count). The average Bonchev–Trinajstić information content (AvgIpc) is 2.62. The van der Waals surface area contributed by atoms with Crippen molar-refractivity contribution in [3.8, 4) is 6.07 Å². The number of nitrogens with one attached hydrogen (secondary N) is 1. The van der Waals surface area contributed by atoms with Gasteiger partial charge in [-0.1, -0.05) is 60.7 Å². The van der Waals surface area contributed by atoms with Crippen LogP contribution in [0.25, 0.3) is 0 Å². The fourth-order valence-corrected chi connectivity index (χ4v) is 3.80. The summed E-state index contributed by atoms with van der Waals surface area (Å²) in [4.78, 5) is 13.1. The molecule has 1 aromatic rings. The predicted octanol–water partition coefficient (Wildman–Crippen LogP) is 4.44.